The van der Waals surface area contributed by atoms with Crippen LogP contribution in [0, 0.1) is 0 Å². The molecule has 2 atom stereocenters. The number of nitrogens with zero attached hydrogens (tertiary/aromatic N) is 1. The van der Waals surface area contributed by atoms with Gasteiger partial charge in [-0.15, -0.1) is 0 Å². The van der Waals surface area contributed by atoms with Gasteiger partial charge in [0.2, 0.25) is 0 Å². The molecule has 0 amide bonds. The summed E-state index contributed by atoms with van der Waals surface area (Å²) in [5.74, 6) is 0. The number of quaternary nitrogens is 1. The highest BCUT2D eigenvalue weighted by Crippen LogP contribution is 2.18. The fraction of sp³-hybridized carbons (Fsp3) is 1.00. The van der Waals surface area contributed by atoms with E-state index in [1.807, 2.05) is 0 Å². The lowest BCUT2D eigenvalue weighted by atomic mass is 10.0. The summed E-state index contributed by atoms with van der Waals surface area (Å²) in [7, 11) is 1.33. The fourth-order valence-corrected chi connectivity index (χ4v) is 6.70. The summed E-state index contributed by atoms with van der Waals surface area (Å²) in [6.45, 7) is 5.49. The molecule has 0 aliphatic carbocycles. The highest BCUT2D eigenvalue weighted by Gasteiger charge is 2.38. The molecular formula is C28H60NO5Si+. The van der Waals surface area contributed by atoms with E-state index in [4.69, 9.17) is 13.6 Å². The van der Waals surface area contributed by atoms with Gasteiger partial charge in [0.05, 0.1) is 59.7 Å². The lowest BCUT2D eigenvalue weighted by molar-refractivity contribution is -0.890. The van der Waals surface area contributed by atoms with Crippen LogP contribution in [-0.4, -0.2) is 82.9 Å². The Morgan fingerprint density at radius 2 is 1.14 bits per heavy atom. The van der Waals surface area contributed by atoms with Gasteiger partial charge in [0.25, 0.3) is 0 Å². The van der Waals surface area contributed by atoms with E-state index in [0.29, 0.717) is 19.3 Å². The van der Waals surface area contributed by atoms with Crippen molar-refractivity contribution < 1.29 is 28.0 Å². The van der Waals surface area contributed by atoms with E-state index in [-0.39, 0.29) is 13.2 Å². The van der Waals surface area contributed by atoms with Crippen LogP contribution in [0.3, 0.4) is 0 Å². The molecule has 1 fully saturated rings. The SMILES string of the molecule is CCCCCCCCCCCCCCCCCC[N+](C)(C)CCC[Si]1(O)OCCOCC(O)CO1. The van der Waals surface area contributed by atoms with Gasteiger partial charge in [-0.1, -0.05) is 96.8 Å². The van der Waals surface area contributed by atoms with Crippen molar-refractivity contribution in [3.8, 4) is 0 Å². The maximum atomic E-state index is 10.8. The second-order valence-corrected chi connectivity index (χ2v) is 13.9. The van der Waals surface area contributed by atoms with Gasteiger partial charge in [-0.2, -0.15) is 0 Å². The molecule has 1 aliphatic rings. The molecule has 7 heteroatoms. The smallest absolute Gasteiger partial charge is 0.390 e. The average molecular weight is 519 g/mol. The summed E-state index contributed by atoms with van der Waals surface area (Å²) in [6.07, 6.45) is 22.6. The predicted molar refractivity (Wildman–Crippen MR) is 148 cm³/mol. The first-order chi connectivity index (χ1) is 16.9. The van der Waals surface area contributed by atoms with Gasteiger partial charge in [0, 0.05) is 12.5 Å². The summed E-state index contributed by atoms with van der Waals surface area (Å²) in [4.78, 5) is 10.8. The molecule has 1 aliphatic heterocycles. The second kappa shape index (κ2) is 21.0. The van der Waals surface area contributed by atoms with Gasteiger partial charge < -0.3 is 28.0 Å². The lowest BCUT2D eigenvalue weighted by Crippen LogP contribution is -2.47. The van der Waals surface area contributed by atoms with E-state index in [1.165, 1.54) is 109 Å². The highest BCUT2D eigenvalue weighted by molar-refractivity contribution is 6.59. The van der Waals surface area contributed by atoms with E-state index in [9.17, 15) is 9.90 Å². The van der Waals surface area contributed by atoms with Crippen LogP contribution >= 0.6 is 0 Å². The Balaban J connectivity index is 1.95. The molecule has 0 bridgehead atoms. The van der Waals surface area contributed by atoms with E-state index in [0.717, 1.165) is 17.4 Å². The Morgan fingerprint density at radius 1 is 0.657 bits per heavy atom. The van der Waals surface area contributed by atoms with Crippen LogP contribution in [0.4, 0.5) is 0 Å². The molecule has 1 heterocycles. The van der Waals surface area contributed by atoms with Gasteiger partial charge in [-0.3, -0.25) is 0 Å². The first-order valence-electron chi connectivity index (χ1n) is 14.9. The fourth-order valence-electron chi connectivity index (χ4n) is 4.87. The maximum Gasteiger partial charge on any atom is 0.498 e. The van der Waals surface area contributed by atoms with Crippen molar-refractivity contribution in [1.82, 2.24) is 0 Å². The second-order valence-electron chi connectivity index (χ2n) is 11.4. The van der Waals surface area contributed by atoms with Crippen LogP contribution in [0.2, 0.25) is 6.04 Å². The molecule has 0 radical (unpaired) electrons. The minimum absolute atomic E-state index is 0.0835. The molecule has 1 saturated heterocycles. The number of rotatable bonds is 21. The molecule has 0 spiro atoms. The van der Waals surface area contributed by atoms with Crippen molar-refractivity contribution in [3.05, 3.63) is 0 Å². The van der Waals surface area contributed by atoms with Crippen LogP contribution in [0.15, 0.2) is 0 Å². The Kier molecular flexibility index (Phi) is 19.8. The van der Waals surface area contributed by atoms with Crippen LogP contribution in [0.25, 0.3) is 0 Å². The number of aliphatic hydroxyl groups is 1. The summed E-state index contributed by atoms with van der Waals surface area (Å²) in [5.41, 5.74) is 0. The molecule has 2 N–H and O–H groups in total. The summed E-state index contributed by atoms with van der Waals surface area (Å²) in [6, 6.07) is 0.542. The standard InChI is InChI=1S/C28H60NO5Si/c1-4-5-6-7-8-9-10-11-12-13-14-15-16-17-18-19-21-29(2,3)22-20-25-35(31)33-24-23-32-26-28(30)27-34-35/h28,30-31H,4-27H2,1-3H3/q+1. The molecule has 210 valence electrons. The van der Waals surface area contributed by atoms with Crippen molar-refractivity contribution in [2.45, 2.75) is 128 Å². The molecule has 0 aromatic heterocycles. The third-order valence-corrected chi connectivity index (χ3v) is 9.50. The highest BCUT2D eigenvalue weighted by atomic mass is 28.4. The summed E-state index contributed by atoms with van der Waals surface area (Å²) < 4.78 is 17.5. The monoisotopic (exact) mass is 518 g/mol. The summed E-state index contributed by atoms with van der Waals surface area (Å²) in [5, 5.41) is 9.80. The summed E-state index contributed by atoms with van der Waals surface area (Å²) >= 11 is 0. The first kappa shape index (κ1) is 33.0. The third kappa shape index (κ3) is 19.7. The van der Waals surface area contributed by atoms with Gasteiger partial charge in [-0.25, -0.2) is 0 Å². The zero-order chi connectivity index (χ0) is 25.7. The molecule has 0 saturated carbocycles. The average Bonchev–Trinajstić information content (AvgIpc) is 2.89. The largest absolute Gasteiger partial charge is 0.498 e. The van der Waals surface area contributed by atoms with E-state index in [2.05, 4.69) is 21.0 Å². The number of unbranched alkanes of at least 4 members (excludes halogenated alkanes) is 15. The molecule has 35 heavy (non-hydrogen) atoms. The topological polar surface area (TPSA) is 68.2 Å². The van der Waals surface area contributed by atoms with Gasteiger partial charge in [-0.05, 0) is 12.8 Å². The van der Waals surface area contributed by atoms with Gasteiger partial charge >= 0.3 is 8.80 Å². The predicted octanol–water partition coefficient (Wildman–Crippen LogP) is 6.07. The Bertz CT molecular complexity index is 482. The Hall–Kier alpha value is -0.0231. The normalized spacial score (nSPS) is 22.0. The zero-order valence-corrected chi connectivity index (χ0v) is 24.6. The number of aliphatic hydroxyl groups excluding tert-OH is 1. The van der Waals surface area contributed by atoms with Crippen LogP contribution in [0.1, 0.15) is 116 Å². The van der Waals surface area contributed by atoms with Crippen molar-refractivity contribution >= 4 is 8.80 Å². The van der Waals surface area contributed by atoms with Crippen molar-refractivity contribution in [2.75, 3.05) is 53.6 Å². The van der Waals surface area contributed by atoms with E-state index >= 15 is 0 Å². The van der Waals surface area contributed by atoms with Crippen LogP contribution < -0.4 is 0 Å². The molecule has 0 aromatic rings. The van der Waals surface area contributed by atoms with Crippen molar-refractivity contribution in [2.24, 2.45) is 0 Å². The zero-order valence-electron chi connectivity index (χ0n) is 23.6. The number of hydrogen-bond acceptors (Lipinski definition) is 5. The van der Waals surface area contributed by atoms with Crippen LogP contribution in [0.5, 0.6) is 0 Å². The molecular weight excluding hydrogens is 458 g/mol. The van der Waals surface area contributed by atoms with Crippen molar-refractivity contribution in [3.63, 3.8) is 0 Å². The van der Waals surface area contributed by atoms with Crippen molar-refractivity contribution in [1.29, 1.82) is 0 Å². The molecule has 6 nitrogen and oxygen atoms in total. The minimum atomic E-state index is -3.22. The van der Waals surface area contributed by atoms with E-state index < -0.39 is 14.9 Å². The lowest BCUT2D eigenvalue weighted by Gasteiger charge is -2.31. The number of ether oxygens (including phenoxy) is 1. The van der Waals surface area contributed by atoms with Crippen LogP contribution in [-0.2, 0) is 13.6 Å². The quantitative estimate of drug-likeness (QED) is 0.110. The molecule has 1 rings (SSSR count). The maximum absolute atomic E-state index is 10.8. The van der Waals surface area contributed by atoms with Gasteiger partial charge in [0.15, 0.2) is 0 Å². The Labute approximate surface area is 218 Å². The first-order valence-corrected chi connectivity index (χ1v) is 16.9. The molecule has 0 aromatic carbocycles. The minimum Gasteiger partial charge on any atom is -0.390 e. The molecule has 2 unspecified atom stereocenters. The Morgan fingerprint density at radius 3 is 1.69 bits per heavy atom. The van der Waals surface area contributed by atoms with Gasteiger partial charge in [0.1, 0.15) is 0 Å². The third-order valence-electron chi connectivity index (χ3n) is 7.24. The number of hydrogen-bond donors (Lipinski definition) is 2. The van der Waals surface area contributed by atoms with E-state index in [1.54, 1.807) is 0 Å².